The first-order valence-corrected chi connectivity index (χ1v) is 10.0. The summed E-state index contributed by atoms with van der Waals surface area (Å²) in [5.74, 6) is 0.275. The Hall–Kier alpha value is -3.77. The maximum Gasteiger partial charge on any atom is 0.408 e. The van der Waals surface area contributed by atoms with Crippen molar-refractivity contribution in [2.24, 2.45) is 17.3 Å². The highest BCUT2D eigenvalue weighted by Crippen LogP contribution is 2.19. The summed E-state index contributed by atoms with van der Waals surface area (Å²) in [4.78, 5) is 12.3. The van der Waals surface area contributed by atoms with E-state index in [0.29, 0.717) is 17.7 Å². The number of ether oxygens (including phenoxy) is 1. The summed E-state index contributed by atoms with van der Waals surface area (Å²) in [6.07, 6.45) is -2.74. The normalized spacial score (nSPS) is 12.9. The molecule has 33 heavy (non-hydrogen) atoms. The van der Waals surface area contributed by atoms with Gasteiger partial charge in [-0.3, -0.25) is 4.68 Å². The number of benzene rings is 1. The van der Waals surface area contributed by atoms with Gasteiger partial charge in [-0.2, -0.15) is 32.7 Å². The fourth-order valence-corrected chi connectivity index (χ4v) is 3.01. The predicted molar refractivity (Wildman–Crippen MR) is 114 cm³/mol. The molecule has 0 saturated carbocycles. The molecule has 0 N–H and O–H groups in total. The summed E-state index contributed by atoms with van der Waals surface area (Å²) >= 11 is 0. The molecule has 1 aromatic carbocycles. The molecule has 10 nitrogen and oxygen atoms in total. The highest BCUT2D eigenvalue weighted by atomic mass is 19.4. The number of hydrogen-bond donors (Lipinski definition) is 0. The van der Waals surface area contributed by atoms with Crippen LogP contribution in [0.4, 0.5) is 13.2 Å². The van der Waals surface area contributed by atoms with Gasteiger partial charge < -0.3 is 4.74 Å². The number of tetrazole rings is 1. The molecule has 0 aliphatic heterocycles. The minimum atomic E-state index is -4.40. The van der Waals surface area contributed by atoms with Crippen molar-refractivity contribution in [1.82, 2.24) is 29.6 Å². The van der Waals surface area contributed by atoms with Crippen molar-refractivity contribution in [3.63, 3.8) is 0 Å². The number of aromatic nitrogens is 6. The van der Waals surface area contributed by atoms with Gasteiger partial charge in [0.05, 0.1) is 17.1 Å². The molecule has 0 amide bonds. The van der Waals surface area contributed by atoms with Crippen LogP contribution in [0.5, 0.6) is 0 Å². The smallest absolute Gasteiger partial charge is 0.408 e. The van der Waals surface area contributed by atoms with E-state index in [9.17, 15) is 18.0 Å². The van der Waals surface area contributed by atoms with Gasteiger partial charge in [-0.25, -0.2) is 4.79 Å². The van der Waals surface area contributed by atoms with E-state index in [1.54, 1.807) is 19.1 Å². The van der Waals surface area contributed by atoms with Crippen LogP contribution in [0.15, 0.2) is 45.5 Å². The summed E-state index contributed by atoms with van der Waals surface area (Å²) in [5, 5.41) is 19.4. The first-order valence-electron chi connectivity index (χ1n) is 10.0. The Morgan fingerprint density at radius 3 is 2.58 bits per heavy atom. The van der Waals surface area contributed by atoms with Crippen LogP contribution in [-0.2, 0) is 24.9 Å². The van der Waals surface area contributed by atoms with Crippen LogP contribution < -0.4 is 5.69 Å². The van der Waals surface area contributed by atoms with Crippen molar-refractivity contribution in [3.8, 4) is 5.69 Å². The number of alkyl halides is 3. The molecule has 176 valence electrons. The van der Waals surface area contributed by atoms with Gasteiger partial charge in [0.1, 0.15) is 13.2 Å². The Morgan fingerprint density at radius 1 is 1.18 bits per heavy atom. The average molecular weight is 464 g/mol. The van der Waals surface area contributed by atoms with Crippen LogP contribution in [-0.4, -0.2) is 47.4 Å². The molecular weight excluding hydrogens is 441 g/mol. The van der Waals surface area contributed by atoms with Crippen LogP contribution >= 0.6 is 0 Å². The van der Waals surface area contributed by atoms with E-state index in [4.69, 9.17) is 4.74 Å². The molecule has 0 spiro atoms. The maximum atomic E-state index is 12.7. The zero-order valence-electron chi connectivity index (χ0n) is 18.5. The van der Waals surface area contributed by atoms with Crippen LogP contribution in [0.3, 0.4) is 0 Å². The largest absolute Gasteiger partial charge is 0.475 e. The first-order chi connectivity index (χ1) is 15.6. The van der Waals surface area contributed by atoms with Gasteiger partial charge in [-0.05, 0) is 42.0 Å². The molecule has 0 radical (unpaired) electrons. The predicted octanol–water partition coefficient (Wildman–Crippen LogP) is 2.78. The second-order valence-electron chi connectivity index (χ2n) is 7.18. The zero-order chi connectivity index (χ0) is 24.2. The Kier molecular flexibility index (Phi) is 7.09. The van der Waals surface area contributed by atoms with Crippen molar-refractivity contribution in [3.05, 3.63) is 57.8 Å². The number of nitrogens with zero attached hydrogens (tertiary/aromatic N) is 8. The quantitative estimate of drug-likeness (QED) is 0.304. The molecule has 0 bridgehead atoms. The fraction of sp³-hybridized carbons (Fsp3) is 0.400. The molecule has 0 aliphatic rings. The van der Waals surface area contributed by atoms with Gasteiger partial charge in [0.15, 0.2) is 0 Å². The molecule has 3 aromatic rings. The topological polar surface area (TPSA) is 104 Å². The van der Waals surface area contributed by atoms with E-state index in [1.165, 1.54) is 24.0 Å². The first kappa shape index (κ1) is 23.9. The molecule has 0 aliphatic carbocycles. The summed E-state index contributed by atoms with van der Waals surface area (Å²) < 4.78 is 47.1. The van der Waals surface area contributed by atoms with Crippen molar-refractivity contribution in [1.29, 1.82) is 0 Å². The second-order valence-corrected chi connectivity index (χ2v) is 7.18. The van der Waals surface area contributed by atoms with Gasteiger partial charge in [0.2, 0.25) is 5.90 Å². The standard InChI is InChI=1S/C20H23F3N8O2/c1-5-18(26-25-14(3)16-9-10-24-30(16)12-20(21,22)23)33-11-15-13(2)7-6-8-17(15)31-19(32)29(4)27-28-31/h6-10H,5,11-12H2,1-4H3/b25-14+,26-18?. The van der Waals surface area contributed by atoms with E-state index in [1.807, 2.05) is 19.9 Å². The van der Waals surface area contributed by atoms with Crippen LogP contribution in [0, 0.1) is 6.92 Å². The third-order valence-corrected chi connectivity index (χ3v) is 4.75. The van der Waals surface area contributed by atoms with E-state index in [0.717, 1.165) is 14.9 Å². The highest BCUT2D eigenvalue weighted by molar-refractivity contribution is 5.97. The SMILES string of the molecule is CCC(=N/N=C(\C)c1ccnn1CC(F)(F)F)OCc1c(C)cccc1-n1nnn(C)c1=O. The lowest BCUT2D eigenvalue weighted by atomic mass is 10.1. The monoisotopic (exact) mass is 464 g/mol. The number of aryl methyl sites for hydroxylation is 2. The minimum Gasteiger partial charge on any atom is -0.475 e. The van der Waals surface area contributed by atoms with Gasteiger partial charge >= 0.3 is 11.9 Å². The summed E-state index contributed by atoms with van der Waals surface area (Å²) in [7, 11) is 1.50. The van der Waals surface area contributed by atoms with Gasteiger partial charge in [-0.1, -0.05) is 19.1 Å². The Bertz CT molecular complexity index is 1240. The molecule has 0 atom stereocenters. The molecule has 13 heteroatoms. The Balaban J connectivity index is 1.81. The molecule has 0 fully saturated rings. The van der Waals surface area contributed by atoms with Crippen LogP contribution in [0.1, 0.15) is 37.1 Å². The lowest BCUT2D eigenvalue weighted by Crippen LogP contribution is -2.23. The van der Waals surface area contributed by atoms with E-state index < -0.39 is 18.4 Å². The molecular formula is C20H23F3N8O2. The van der Waals surface area contributed by atoms with Crippen molar-refractivity contribution in [2.45, 2.75) is 46.5 Å². The fourth-order valence-electron chi connectivity index (χ4n) is 3.01. The van der Waals surface area contributed by atoms with Gasteiger partial charge in [0, 0.05) is 25.2 Å². The van der Waals surface area contributed by atoms with E-state index in [2.05, 4.69) is 25.7 Å². The third-order valence-electron chi connectivity index (χ3n) is 4.75. The Labute approximate surface area is 187 Å². The molecule has 0 saturated heterocycles. The van der Waals surface area contributed by atoms with E-state index >= 15 is 0 Å². The van der Waals surface area contributed by atoms with E-state index in [-0.39, 0.29) is 23.9 Å². The van der Waals surface area contributed by atoms with Crippen molar-refractivity contribution >= 4 is 11.6 Å². The molecule has 2 heterocycles. The zero-order valence-corrected chi connectivity index (χ0v) is 18.5. The van der Waals surface area contributed by atoms with Crippen molar-refractivity contribution < 1.29 is 17.9 Å². The Morgan fingerprint density at radius 2 is 1.94 bits per heavy atom. The van der Waals surface area contributed by atoms with Crippen LogP contribution in [0.2, 0.25) is 0 Å². The average Bonchev–Trinajstić information content (AvgIpc) is 3.34. The lowest BCUT2D eigenvalue weighted by Gasteiger charge is -2.13. The van der Waals surface area contributed by atoms with Crippen LogP contribution in [0.25, 0.3) is 5.69 Å². The lowest BCUT2D eigenvalue weighted by molar-refractivity contribution is -0.142. The molecule has 3 rings (SSSR count). The molecule has 2 aromatic heterocycles. The van der Waals surface area contributed by atoms with Gasteiger partial charge in [-0.15, -0.1) is 5.10 Å². The number of hydrogen-bond acceptors (Lipinski definition) is 7. The number of halogens is 3. The van der Waals surface area contributed by atoms with Crippen molar-refractivity contribution in [2.75, 3.05) is 0 Å². The number of rotatable bonds is 7. The minimum absolute atomic E-state index is 0.0816. The summed E-state index contributed by atoms with van der Waals surface area (Å²) in [6, 6.07) is 6.83. The highest BCUT2D eigenvalue weighted by Gasteiger charge is 2.29. The maximum absolute atomic E-state index is 12.7. The summed E-state index contributed by atoms with van der Waals surface area (Å²) in [5.41, 5.74) is 2.17. The van der Waals surface area contributed by atoms with Gasteiger partial charge in [0.25, 0.3) is 0 Å². The molecule has 0 unspecified atom stereocenters. The third kappa shape index (κ3) is 5.73. The second kappa shape index (κ2) is 9.79. The summed E-state index contributed by atoms with van der Waals surface area (Å²) in [6.45, 7) is 4.08.